The smallest absolute Gasteiger partial charge is 0.123 e. The Kier molecular flexibility index (Phi) is 10.5. The number of rotatable bonds is 13. The van der Waals surface area contributed by atoms with Crippen molar-refractivity contribution in [2.24, 2.45) is 0 Å². The van der Waals surface area contributed by atoms with E-state index in [2.05, 4.69) is 0 Å². The molecular weight excluding hydrogens is 320 g/mol. The summed E-state index contributed by atoms with van der Waals surface area (Å²) < 4.78 is 28.3. The van der Waals surface area contributed by atoms with Gasteiger partial charge < -0.3 is 23.7 Å². The summed E-state index contributed by atoms with van der Waals surface area (Å²) in [6.07, 6.45) is 0.580. The first-order valence-corrected chi connectivity index (χ1v) is 9.11. The second-order valence-electron chi connectivity index (χ2n) is 6.71. The van der Waals surface area contributed by atoms with E-state index in [0.29, 0.717) is 33.0 Å². The Labute approximate surface area is 152 Å². The minimum Gasteiger partial charge on any atom is -0.491 e. The Hall–Kier alpha value is -1.30. The zero-order chi connectivity index (χ0) is 18.7. The molecule has 0 amide bonds. The maximum atomic E-state index is 5.80. The molecule has 144 valence electrons. The summed E-state index contributed by atoms with van der Waals surface area (Å²) in [5, 5.41) is 0. The Balaban J connectivity index is 2.62. The zero-order valence-corrected chi connectivity index (χ0v) is 16.5. The molecule has 0 aromatic heterocycles. The van der Waals surface area contributed by atoms with Crippen LogP contribution in [0, 0.1) is 0 Å². The van der Waals surface area contributed by atoms with Gasteiger partial charge in [-0.1, -0.05) is 0 Å². The summed E-state index contributed by atoms with van der Waals surface area (Å²) >= 11 is 0. The molecule has 25 heavy (non-hydrogen) atoms. The molecule has 0 bridgehead atoms. The highest BCUT2D eigenvalue weighted by atomic mass is 16.5. The van der Waals surface area contributed by atoms with Gasteiger partial charge in [0, 0.05) is 6.07 Å². The molecule has 1 rings (SSSR count). The molecule has 1 aromatic rings. The molecule has 0 spiro atoms. The fourth-order valence-electron chi connectivity index (χ4n) is 2.03. The highest BCUT2D eigenvalue weighted by molar-refractivity contribution is 5.38. The molecule has 0 aliphatic rings. The van der Waals surface area contributed by atoms with Gasteiger partial charge in [0.1, 0.15) is 24.7 Å². The van der Waals surface area contributed by atoms with E-state index in [9.17, 15) is 0 Å². The molecule has 5 heteroatoms. The third-order valence-corrected chi connectivity index (χ3v) is 3.13. The topological polar surface area (TPSA) is 46.2 Å². The Bertz CT molecular complexity index is 437. The van der Waals surface area contributed by atoms with E-state index in [0.717, 1.165) is 17.1 Å². The van der Waals surface area contributed by atoms with Crippen molar-refractivity contribution in [3.8, 4) is 11.5 Å². The van der Waals surface area contributed by atoms with Gasteiger partial charge in [-0.2, -0.15) is 0 Å². The minimum atomic E-state index is 0.174. The fourth-order valence-corrected chi connectivity index (χ4v) is 2.03. The molecular formula is C20H34O5. The normalized spacial score (nSPS) is 11.6. The molecule has 1 aromatic carbocycles. The Morgan fingerprint density at radius 2 is 1.04 bits per heavy atom. The average molecular weight is 354 g/mol. The first-order valence-electron chi connectivity index (χ1n) is 9.11. The Morgan fingerprint density at radius 1 is 0.600 bits per heavy atom. The van der Waals surface area contributed by atoms with Gasteiger partial charge >= 0.3 is 0 Å². The van der Waals surface area contributed by atoms with Crippen LogP contribution in [-0.2, 0) is 20.8 Å². The van der Waals surface area contributed by atoms with Crippen molar-refractivity contribution in [1.29, 1.82) is 0 Å². The van der Waals surface area contributed by atoms with Gasteiger partial charge in [0.2, 0.25) is 0 Å². The lowest BCUT2D eigenvalue weighted by Gasteiger charge is -2.15. The molecule has 0 atom stereocenters. The molecule has 0 saturated heterocycles. The molecule has 0 fully saturated rings. The van der Waals surface area contributed by atoms with E-state index in [1.165, 1.54) is 0 Å². The third-order valence-electron chi connectivity index (χ3n) is 3.13. The van der Waals surface area contributed by atoms with Gasteiger partial charge in [0.15, 0.2) is 0 Å². The van der Waals surface area contributed by atoms with E-state index in [1.807, 2.05) is 59.7 Å². The van der Waals surface area contributed by atoms with Crippen LogP contribution in [0.5, 0.6) is 11.5 Å². The second-order valence-corrected chi connectivity index (χ2v) is 6.71. The highest BCUT2D eigenvalue weighted by Crippen LogP contribution is 2.24. The molecule has 5 nitrogen and oxygen atoms in total. The molecule has 0 heterocycles. The third kappa shape index (κ3) is 11.0. The maximum absolute atomic E-state index is 5.80. The summed E-state index contributed by atoms with van der Waals surface area (Å²) in [7, 11) is 0. The van der Waals surface area contributed by atoms with Crippen molar-refractivity contribution < 1.29 is 23.7 Å². The largest absolute Gasteiger partial charge is 0.491 e. The molecule has 0 saturated carbocycles. The van der Waals surface area contributed by atoms with Crippen LogP contribution in [-0.4, -0.2) is 44.7 Å². The number of hydrogen-bond donors (Lipinski definition) is 0. The zero-order valence-electron chi connectivity index (χ0n) is 16.5. The number of benzene rings is 1. The van der Waals surface area contributed by atoms with Crippen molar-refractivity contribution >= 4 is 0 Å². The van der Waals surface area contributed by atoms with Gasteiger partial charge in [-0.15, -0.1) is 0 Å². The summed E-state index contributed by atoms with van der Waals surface area (Å²) in [5.41, 5.74) is 1.02. The standard InChI is InChI=1S/C20H34O5/c1-15(2)21-7-9-23-19-11-18(14-25-17(5)6)12-20(13-19)24-10-8-22-16(3)4/h11-13,15-17H,7-10,14H2,1-6H3. The van der Waals surface area contributed by atoms with E-state index < -0.39 is 0 Å². The number of ether oxygens (including phenoxy) is 5. The molecule has 0 unspecified atom stereocenters. The first kappa shape index (κ1) is 21.7. The minimum absolute atomic E-state index is 0.174. The van der Waals surface area contributed by atoms with E-state index >= 15 is 0 Å². The lowest BCUT2D eigenvalue weighted by atomic mass is 10.2. The second kappa shape index (κ2) is 12.1. The predicted molar refractivity (Wildman–Crippen MR) is 99.5 cm³/mol. The van der Waals surface area contributed by atoms with E-state index in [1.54, 1.807) is 0 Å². The van der Waals surface area contributed by atoms with Crippen LogP contribution in [0.15, 0.2) is 18.2 Å². The fraction of sp³-hybridized carbons (Fsp3) is 0.700. The lowest BCUT2D eigenvalue weighted by molar-refractivity contribution is 0.0529. The summed E-state index contributed by atoms with van der Waals surface area (Å²) in [5.74, 6) is 1.52. The van der Waals surface area contributed by atoms with Crippen LogP contribution in [0.3, 0.4) is 0 Å². The summed E-state index contributed by atoms with van der Waals surface area (Å²) in [6.45, 7) is 14.7. The average Bonchev–Trinajstić information content (AvgIpc) is 2.53. The van der Waals surface area contributed by atoms with Crippen molar-refractivity contribution in [2.75, 3.05) is 26.4 Å². The predicted octanol–water partition coefficient (Wildman–Crippen LogP) is 4.22. The molecule has 0 radical (unpaired) electrons. The van der Waals surface area contributed by atoms with Crippen LogP contribution in [0.2, 0.25) is 0 Å². The van der Waals surface area contributed by atoms with Crippen molar-refractivity contribution in [2.45, 2.75) is 66.5 Å². The first-order chi connectivity index (χ1) is 11.9. The van der Waals surface area contributed by atoms with Gasteiger partial charge in [-0.25, -0.2) is 0 Å². The van der Waals surface area contributed by atoms with Crippen molar-refractivity contribution in [3.63, 3.8) is 0 Å². The van der Waals surface area contributed by atoms with Crippen LogP contribution in [0.4, 0.5) is 0 Å². The van der Waals surface area contributed by atoms with Gasteiger partial charge in [-0.05, 0) is 59.2 Å². The molecule has 0 N–H and O–H groups in total. The van der Waals surface area contributed by atoms with Crippen LogP contribution in [0.1, 0.15) is 47.1 Å². The van der Waals surface area contributed by atoms with Crippen LogP contribution < -0.4 is 9.47 Å². The summed E-state index contributed by atoms with van der Waals surface area (Å²) in [6, 6.07) is 5.86. The summed E-state index contributed by atoms with van der Waals surface area (Å²) in [4.78, 5) is 0. The van der Waals surface area contributed by atoms with E-state index in [-0.39, 0.29) is 18.3 Å². The molecule has 0 aliphatic carbocycles. The SMILES string of the molecule is CC(C)OCCOc1cc(COC(C)C)cc(OCCOC(C)C)c1. The van der Waals surface area contributed by atoms with Gasteiger partial charge in [0.25, 0.3) is 0 Å². The van der Waals surface area contributed by atoms with Crippen LogP contribution in [0.25, 0.3) is 0 Å². The maximum Gasteiger partial charge on any atom is 0.123 e. The number of hydrogen-bond acceptors (Lipinski definition) is 5. The monoisotopic (exact) mass is 354 g/mol. The molecule has 0 aliphatic heterocycles. The quantitative estimate of drug-likeness (QED) is 0.496. The van der Waals surface area contributed by atoms with Crippen LogP contribution >= 0.6 is 0 Å². The van der Waals surface area contributed by atoms with E-state index in [4.69, 9.17) is 23.7 Å². The van der Waals surface area contributed by atoms with Gasteiger partial charge in [0.05, 0.1) is 38.1 Å². The highest BCUT2D eigenvalue weighted by Gasteiger charge is 2.06. The van der Waals surface area contributed by atoms with Crippen molar-refractivity contribution in [3.05, 3.63) is 23.8 Å². The Morgan fingerprint density at radius 3 is 1.44 bits per heavy atom. The van der Waals surface area contributed by atoms with Gasteiger partial charge in [-0.3, -0.25) is 0 Å². The van der Waals surface area contributed by atoms with Crippen molar-refractivity contribution in [1.82, 2.24) is 0 Å². The lowest BCUT2D eigenvalue weighted by Crippen LogP contribution is -2.12.